The van der Waals surface area contributed by atoms with Gasteiger partial charge in [0.25, 0.3) is 0 Å². The summed E-state index contributed by atoms with van der Waals surface area (Å²) in [7, 11) is 0. The fourth-order valence-electron chi connectivity index (χ4n) is 1.70. The van der Waals surface area contributed by atoms with Crippen LogP contribution in [0.4, 0.5) is 0 Å². The van der Waals surface area contributed by atoms with Gasteiger partial charge in [0, 0.05) is 19.1 Å². The van der Waals surface area contributed by atoms with Crippen molar-refractivity contribution in [3.05, 3.63) is 0 Å². The Hall–Kier alpha value is -1.34. The van der Waals surface area contributed by atoms with Gasteiger partial charge in [-0.15, -0.1) is 0 Å². The van der Waals surface area contributed by atoms with E-state index in [4.69, 9.17) is 16.2 Å². The Labute approximate surface area is 94.5 Å². The van der Waals surface area contributed by atoms with Crippen molar-refractivity contribution in [3.63, 3.8) is 0 Å². The molecule has 0 spiro atoms. The van der Waals surface area contributed by atoms with Gasteiger partial charge >= 0.3 is 5.97 Å². The van der Waals surface area contributed by atoms with E-state index in [0.717, 1.165) is 25.9 Å². The maximum Gasteiger partial charge on any atom is 0.321 e. The Bertz CT molecular complexity index is 263. The first-order chi connectivity index (χ1) is 7.49. The molecular weight excluding hydrogens is 210 g/mol. The van der Waals surface area contributed by atoms with Crippen LogP contribution in [-0.4, -0.2) is 47.2 Å². The molecule has 0 aromatic rings. The summed E-state index contributed by atoms with van der Waals surface area (Å²) in [5.41, 5.74) is 8.16. The Kier molecular flexibility index (Phi) is 4.51. The molecule has 7 heteroatoms. The number of nitrogens with one attached hydrogen (secondary N) is 3. The monoisotopic (exact) mass is 229 g/mol. The van der Waals surface area contributed by atoms with Crippen molar-refractivity contribution in [2.75, 3.05) is 13.1 Å². The molecule has 0 aromatic carbocycles. The number of hydrogen-bond acceptors (Lipinski definition) is 4. The summed E-state index contributed by atoms with van der Waals surface area (Å²) in [4.78, 5) is 10.6. The molecule has 1 aliphatic rings. The normalized spacial score (nSPS) is 20.3. The number of carbonyl (C=O) groups is 1. The SMILES string of the molecule is CC(NN1CCC(NC(=N)N)CC1)C(=O)O. The van der Waals surface area contributed by atoms with E-state index in [1.54, 1.807) is 6.92 Å². The average molecular weight is 229 g/mol. The third kappa shape index (κ3) is 4.03. The zero-order valence-corrected chi connectivity index (χ0v) is 9.36. The molecule has 0 aliphatic carbocycles. The molecule has 1 atom stereocenters. The minimum atomic E-state index is -0.857. The Morgan fingerprint density at radius 3 is 2.56 bits per heavy atom. The van der Waals surface area contributed by atoms with Crippen molar-refractivity contribution >= 4 is 11.9 Å². The first kappa shape index (κ1) is 12.7. The highest BCUT2D eigenvalue weighted by Crippen LogP contribution is 2.08. The number of rotatable bonds is 4. The van der Waals surface area contributed by atoms with Crippen molar-refractivity contribution in [2.24, 2.45) is 5.73 Å². The molecule has 1 heterocycles. The van der Waals surface area contributed by atoms with Gasteiger partial charge in [0.2, 0.25) is 0 Å². The largest absolute Gasteiger partial charge is 0.480 e. The van der Waals surface area contributed by atoms with Crippen LogP contribution in [0.25, 0.3) is 0 Å². The molecule has 1 unspecified atom stereocenters. The van der Waals surface area contributed by atoms with Gasteiger partial charge in [-0.2, -0.15) is 0 Å². The van der Waals surface area contributed by atoms with E-state index in [1.165, 1.54) is 0 Å². The number of carboxylic acids is 1. The predicted octanol–water partition coefficient (Wildman–Crippen LogP) is -1.09. The average Bonchev–Trinajstić information content (AvgIpc) is 2.20. The van der Waals surface area contributed by atoms with E-state index in [2.05, 4.69) is 10.7 Å². The molecule has 1 fully saturated rings. The van der Waals surface area contributed by atoms with Crippen LogP contribution in [0.15, 0.2) is 0 Å². The summed E-state index contributed by atoms with van der Waals surface area (Å²) in [5, 5.41) is 20.6. The highest BCUT2D eigenvalue weighted by molar-refractivity contribution is 5.74. The molecule has 6 N–H and O–H groups in total. The van der Waals surface area contributed by atoms with Gasteiger partial charge in [0.05, 0.1) is 0 Å². The number of aliphatic carboxylic acids is 1. The summed E-state index contributed by atoms with van der Waals surface area (Å²) in [5.74, 6) is -0.866. The first-order valence-electron chi connectivity index (χ1n) is 5.33. The van der Waals surface area contributed by atoms with Gasteiger partial charge in [-0.05, 0) is 19.8 Å². The van der Waals surface area contributed by atoms with Gasteiger partial charge in [0.15, 0.2) is 5.96 Å². The van der Waals surface area contributed by atoms with Crippen LogP contribution in [0.5, 0.6) is 0 Å². The third-order valence-corrected chi connectivity index (χ3v) is 2.60. The van der Waals surface area contributed by atoms with Crippen LogP contribution in [0, 0.1) is 5.41 Å². The van der Waals surface area contributed by atoms with E-state index < -0.39 is 12.0 Å². The molecule has 16 heavy (non-hydrogen) atoms. The molecule has 0 amide bonds. The van der Waals surface area contributed by atoms with Crippen molar-refractivity contribution in [2.45, 2.75) is 31.8 Å². The van der Waals surface area contributed by atoms with Crippen molar-refractivity contribution < 1.29 is 9.90 Å². The number of nitrogens with two attached hydrogens (primary N) is 1. The lowest BCUT2D eigenvalue weighted by atomic mass is 10.1. The molecule has 1 aliphatic heterocycles. The minimum absolute atomic E-state index is 0.00897. The second-order valence-electron chi connectivity index (χ2n) is 4.01. The number of carboxylic acid groups (broad SMARTS) is 1. The van der Waals surface area contributed by atoms with Crippen molar-refractivity contribution in [1.82, 2.24) is 15.8 Å². The Morgan fingerprint density at radius 1 is 1.56 bits per heavy atom. The fourth-order valence-corrected chi connectivity index (χ4v) is 1.70. The van der Waals surface area contributed by atoms with Gasteiger partial charge in [-0.1, -0.05) is 0 Å². The van der Waals surface area contributed by atoms with E-state index in [1.807, 2.05) is 5.01 Å². The third-order valence-electron chi connectivity index (χ3n) is 2.60. The van der Waals surface area contributed by atoms with Crippen LogP contribution in [0.3, 0.4) is 0 Å². The number of piperidine rings is 1. The molecular formula is C9H19N5O2. The van der Waals surface area contributed by atoms with Gasteiger partial charge in [-0.25, -0.2) is 10.4 Å². The lowest BCUT2D eigenvalue weighted by Crippen LogP contribution is -2.53. The number of hydrogen-bond donors (Lipinski definition) is 5. The minimum Gasteiger partial charge on any atom is -0.480 e. The summed E-state index contributed by atoms with van der Waals surface area (Å²) in [6.07, 6.45) is 1.69. The summed E-state index contributed by atoms with van der Waals surface area (Å²) in [6.45, 7) is 3.12. The predicted molar refractivity (Wildman–Crippen MR) is 59.9 cm³/mol. The zero-order chi connectivity index (χ0) is 12.1. The smallest absolute Gasteiger partial charge is 0.321 e. The second-order valence-corrected chi connectivity index (χ2v) is 4.01. The molecule has 0 bridgehead atoms. The number of nitrogens with zero attached hydrogens (tertiary/aromatic N) is 1. The Morgan fingerprint density at radius 2 is 2.12 bits per heavy atom. The van der Waals surface area contributed by atoms with Crippen molar-refractivity contribution in [1.29, 1.82) is 5.41 Å². The molecule has 0 saturated carbocycles. The maximum absolute atomic E-state index is 10.6. The van der Waals surface area contributed by atoms with Crippen LogP contribution in [0.2, 0.25) is 0 Å². The van der Waals surface area contributed by atoms with E-state index >= 15 is 0 Å². The summed E-state index contributed by atoms with van der Waals surface area (Å²) < 4.78 is 0. The van der Waals surface area contributed by atoms with E-state index in [-0.39, 0.29) is 12.0 Å². The summed E-state index contributed by atoms with van der Waals surface area (Å²) >= 11 is 0. The van der Waals surface area contributed by atoms with Gasteiger partial charge in [-0.3, -0.25) is 10.2 Å². The molecule has 92 valence electrons. The highest BCUT2D eigenvalue weighted by atomic mass is 16.4. The summed E-state index contributed by atoms with van der Waals surface area (Å²) in [6, 6.07) is -0.354. The van der Waals surface area contributed by atoms with E-state index in [9.17, 15) is 4.79 Å². The quantitative estimate of drug-likeness (QED) is 0.309. The second kappa shape index (κ2) is 5.66. The van der Waals surface area contributed by atoms with Crippen LogP contribution in [0.1, 0.15) is 19.8 Å². The van der Waals surface area contributed by atoms with E-state index in [0.29, 0.717) is 0 Å². The molecule has 1 saturated heterocycles. The molecule has 0 radical (unpaired) electrons. The first-order valence-corrected chi connectivity index (χ1v) is 5.33. The lowest BCUT2D eigenvalue weighted by Gasteiger charge is -2.33. The lowest BCUT2D eigenvalue weighted by molar-refractivity contribution is -0.140. The number of guanidine groups is 1. The van der Waals surface area contributed by atoms with Gasteiger partial charge < -0.3 is 16.2 Å². The maximum atomic E-state index is 10.6. The zero-order valence-electron chi connectivity index (χ0n) is 9.36. The molecule has 7 nitrogen and oxygen atoms in total. The number of hydrazine groups is 1. The van der Waals surface area contributed by atoms with Crippen LogP contribution in [-0.2, 0) is 4.79 Å². The fraction of sp³-hybridized carbons (Fsp3) is 0.778. The van der Waals surface area contributed by atoms with Crippen LogP contribution < -0.4 is 16.5 Å². The van der Waals surface area contributed by atoms with Gasteiger partial charge in [0.1, 0.15) is 6.04 Å². The Balaban J connectivity index is 2.26. The van der Waals surface area contributed by atoms with Crippen molar-refractivity contribution in [3.8, 4) is 0 Å². The standard InChI is InChI=1S/C9H19N5O2/c1-6(8(15)16)13-14-4-2-7(3-5-14)12-9(10)11/h6-7,13H,2-5H2,1H3,(H,15,16)(H4,10,11,12). The molecule has 0 aromatic heterocycles. The van der Waals surface area contributed by atoms with Crippen LogP contribution >= 0.6 is 0 Å². The topological polar surface area (TPSA) is 114 Å². The molecule has 1 rings (SSSR count). The highest BCUT2D eigenvalue weighted by Gasteiger charge is 2.21.